The largest absolute Gasteiger partial charge is 0.462 e. The average Bonchev–Trinajstić information content (AvgIpc) is 2.84. The first-order valence-electron chi connectivity index (χ1n) is 8.95. The van der Waals surface area contributed by atoms with E-state index in [0.29, 0.717) is 6.61 Å². The number of ether oxygens (including phenoxy) is 3. The van der Waals surface area contributed by atoms with Crippen LogP contribution in [-0.4, -0.2) is 31.1 Å². The lowest BCUT2D eigenvalue weighted by Crippen LogP contribution is -2.40. The van der Waals surface area contributed by atoms with Gasteiger partial charge in [0.15, 0.2) is 5.79 Å². The molecule has 1 saturated heterocycles. The summed E-state index contributed by atoms with van der Waals surface area (Å²) in [5.41, 5.74) is -0.397. The Morgan fingerprint density at radius 2 is 1.91 bits per heavy atom. The summed E-state index contributed by atoms with van der Waals surface area (Å²) in [7, 11) is 0. The van der Waals surface area contributed by atoms with Crippen LogP contribution in [0.15, 0.2) is 0 Å². The van der Waals surface area contributed by atoms with Crippen molar-refractivity contribution in [3.63, 3.8) is 0 Å². The number of rotatable bonds is 7. The summed E-state index contributed by atoms with van der Waals surface area (Å²) >= 11 is 0. The van der Waals surface area contributed by atoms with Gasteiger partial charge in [-0.2, -0.15) is 0 Å². The summed E-state index contributed by atoms with van der Waals surface area (Å²) in [5, 5.41) is 0. The van der Waals surface area contributed by atoms with E-state index in [4.69, 9.17) is 14.2 Å². The molecule has 4 unspecified atom stereocenters. The maximum atomic E-state index is 12.8. The molecule has 4 atom stereocenters. The van der Waals surface area contributed by atoms with Gasteiger partial charge in [-0.1, -0.05) is 48.0 Å². The number of carbonyl (C=O) groups excluding carboxylic acids is 1. The van der Waals surface area contributed by atoms with Gasteiger partial charge < -0.3 is 14.2 Å². The molecular weight excluding hydrogens is 292 g/mol. The third kappa shape index (κ3) is 5.46. The molecule has 0 aromatic heterocycles. The van der Waals surface area contributed by atoms with E-state index in [-0.39, 0.29) is 30.0 Å². The number of hydrogen-bond donors (Lipinski definition) is 0. The molecular formula is C19H36O4. The SMILES string of the molecule is CCC(C)C(C)(CC(C)(C)C)C(=O)OCC1COC(C)(CC)O1. The van der Waals surface area contributed by atoms with Crippen LogP contribution in [0.4, 0.5) is 0 Å². The fourth-order valence-electron chi connectivity index (χ4n) is 3.29. The van der Waals surface area contributed by atoms with Crippen LogP contribution in [0.2, 0.25) is 0 Å². The zero-order valence-corrected chi connectivity index (χ0v) is 16.3. The fraction of sp³-hybridized carbons (Fsp3) is 0.947. The second kappa shape index (κ2) is 7.52. The lowest BCUT2D eigenvalue weighted by atomic mass is 9.67. The Bertz CT molecular complexity index is 401. The van der Waals surface area contributed by atoms with Gasteiger partial charge in [-0.3, -0.25) is 4.79 Å². The Balaban J connectivity index is 2.68. The molecule has 4 nitrogen and oxygen atoms in total. The minimum atomic E-state index is -0.539. The standard InChI is InChI=1S/C19H36O4/c1-9-14(3)18(7,13-17(4,5)6)16(20)21-11-15-12-22-19(8,10-2)23-15/h14-15H,9-13H2,1-8H3. The molecule has 23 heavy (non-hydrogen) atoms. The zero-order chi connectivity index (χ0) is 17.9. The molecule has 1 fully saturated rings. The van der Waals surface area contributed by atoms with Crippen LogP contribution < -0.4 is 0 Å². The van der Waals surface area contributed by atoms with Gasteiger partial charge >= 0.3 is 5.97 Å². The van der Waals surface area contributed by atoms with Crippen molar-refractivity contribution in [3.05, 3.63) is 0 Å². The first-order valence-corrected chi connectivity index (χ1v) is 8.95. The average molecular weight is 328 g/mol. The Labute approximate surface area is 142 Å². The Kier molecular flexibility index (Phi) is 6.68. The van der Waals surface area contributed by atoms with Gasteiger partial charge in [-0.25, -0.2) is 0 Å². The molecule has 136 valence electrons. The Morgan fingerprint density at radius 1 is 1.30 bits per heavy atom. The highest BCUT2D eigenvalue weighted by Crippen LogP contribution is 2.42. The van der Waals surface area contributed by atoms with Gasteiger partial charge in [0, 0.05) is 0 Å². The van der Waals surface area contributed by atoms with Crippen molar-refractivity contribution in [1.82, 2.24) is 0 Å². The number of carbonyl (C=O) groups is 1. The highest BCUT2D eigenvalue weighted by Gasteiger charge is 2.43. The van der Waals surface area contributed by atoms with E-state index in [1.165, 1.54) is 0 Å². The molecule has 0 radical (unpaired) electrons. The van der Waals surface area contributed by atoms with Crippen LogP contribution >= 0.6 is 0 Å². The molecule has 1 aliphatic rings. The predicted molar refractivity (Wildman–Crippen MR) is 92.1 cm³/mol. The summed E-state index contributed by atoms with van der Waals surface area (Å²) in [5.74, 6) is -0.381. The quantitative estimate of drug-likeness (QED) is 0.643. The van der Waals surface area contributed by atoms with Crippen LogP contribution in [-0.2, 0) is 19.0 Å². The Morgan fingerprint density at radius 3 is 2.35 bits per heavy atom. The van der Waals surface area contributed by atoms with Crippen molar-refractivity contribution in [2.45, 2.75) is 86.5 Å². The van der Waals surface area contributed by atoms with Crippen molar-refractivity contribution in [3.8, 4) is 0 Å². The molecule has 1 heterocycles. The molecule has 0 aromatic carbocycles. The monoisotopic (exact) mass is 328 g/mol. The van der Waals surface area contributed by atoms with Crippen molar-refractivity contribution < 1.29 is 19.0 Å². The zero-order valence-electron chi connectivity index (χ0n) is 16.3. The summed E-state index contributed by atoms with van der Waals surface area (Å²) in [6.07, 6.45) is 2.38. The van der Waals surface area contributed by atoms with E-state index in [0.717, 1.165) is 19.3 Å². The molecule has 0 aromatic rings. The Hall–Kier alpha value is -0.610. The van der Waals surface area contributed by atoms with Crippen LogP contribution in [0.1, 0.15) is 74.7 Å². The van der Waals surface area contributed by atoms with Gasteiger partial charge in [0.05, 0.1) is 12.0 Å². The summed E-state index contributed by atoms with van der Waals surface area (Å²) in [6.45, 7) is 17.5. The summed E-state index contributed by atoms with van der Waals surface area (Å²) < 4.78 is 17.2. The van der Waals surface area contributed by atoms with Gasteiger partial charge in [0.1, 0.15) is 12.7 Å². The molecule has 1 rings (SSSR count). The molecule has 0 aliphatic carbocycles. The number of esters is 1. The van der Waals surface area contributed by atoms with E-state index < -0.39 is 11.2 Å². The topological polar surface area (TPSA) is 44.8 Å². The molecule has 1 aliphatic heterocycles. The first kappa shape index (κ1) is 20.4. The highest BCUT2D eigenvalue weighted by molar-refractivity contribution is 5.76. The molecule has 0 saturated carbocycles. The van der Waals surface area contributed by atoms with Gasteiger partial charge in [0.25, 0.3) is 0 Å². The molecule has 0 bridgehead atoms. The van der Waals surface area contributed by atoms with Crippen LogP contribution in [0.25, 0.3) is 0 Å². The molecule has 0 amide bonds. The molecule has 0 spiro atoms. The van der Waals surface area contributed by atoms with Crippen LogP contribution in [0.5, 0.6) is 0 Å². The second-order valence-electron chi connectivity index (χ2n) is 8.60. The van der Waals surface area contributed by atoms with Gasteiger partial charge in [0.2, 0.25) is 0 Å². The van der Waals surface area contributed by atoms with Gasteiger partial charge in [-0.05, 0) is 38.0 Å². The van der Waals surface area contributed by atoms with Crippen molar-refractivity contribution >= 4 is 5.97 Å². The van der Waals surface area contributed by atoms with Crippen LogP contribution in [0.3, 0.4) is 0 Å². The fourth-order valence-corrected chi connectivity index (χ4v) is 3.29. The van der Waals surface area contributed by atoms with E-state index in [1.54, 1.807) is 0 Å². The van der Waals surface area contributed by atoms with Crippen molar-refractivity contribution in [2.24, 2.45) is 16.7 Å². The first-order chi connectivity index (χ1) is 10.5. The van der Waals surface area contributed by atoms with E-state index in [9.17, 15) is 4.79 Å². The highest BCUT2D eigenvalue weighted by atomic mass is 16.7. The number of hydrogen-bond acceptors (Lipinski definition) is 4. The summed E-state index contributed by atoms with van der Waals surface area (Å²) in [4.78, 5) is 12.8. The van der Waals surface area contributed by atoms with Crippen LogP contribution in [0, 0.1) is 16.7 Å². The predicted octanol–water partition coefficient (Wildman–Crippen LogP) is 4.56. The van der Waals surface area contributed by atoms with E-state index >= 15 is 0 Å². The third-order valence-corrected chi connectivity index (χ3v) is 5.10. The van der Waals surface area contributed by atoms with Crippen molar-refractivity contribution in [2.75, 3.05) is 13.2 Å². The lowest BCUT2D eigenvalue weighted by Gasteiger charge is -2.38. The summed E-state index contributed by atoms with van der Waals surface area (Å²) in [6, 6.07) is 0. The van der Waals surface area contributed by atoms with Crippen molar-refractivity contribution in [1.29, 1.82) is 0 Å². The minimum Gasteiger partial charge on any atom is -0.462 e. The maximum absolute atomic E-state index is 12.8. The maximum Gasteiger partial charge on any atom is 0.312 e. The molecule has 4 heteroatoms. The molecule has 0 N–H and O–H groups in total. The third-order valence-electron chi connectivity index (χ3n) is 5.10. The van der Waals surface area contributed by atoms with E-state index in [1.807, 2.05) is 20.8 Å². The lowest BCUT2D eigenvalue weighted by molar-refractivity contribution is -0.175. The smallest absolute Gasteiger partial charge is 0.312 e. The minimum absolute atomic E-state index is 0.0744. The van der Waals surface area contributed by atoms with E-state index in [2.05, 4.69) is 34.6 Å². The normalized spacial score (nSPS) is 29.1. The second-order valence-corrected chi connectivity index (χ2v) is 8.60. The van der Waals surface area contributed by atoms with Gasteiger partial charge in [-0.15, -0.1) is 0 Å².